The molecule has 3 heteroatoms. The van der Waals surface area contributed by atoms with Gasteiger partial charge in [-0.05, 0) is 42.9 Å². The van der Waals surface area contributed by atoms with Gasteiger partial charge >= 0.3 is 0 Å². The van der Waals surface area contributed by atoms with E-state index in [0.29, 0.717) is 11.5 Å². The second kappa shape index (κ2) is 4.93. The van der Waals surface area contributed by atoms with Gasteiger partial charge in [-0.15, -0.1) is 0 Å². The zero-order valence-electron chi connectivity index (χ0n) is 9.58. The van der Waals surface area contributed by atoms with E-state index in [-0.39, 0.29) is 11.9 Å². The lowest BCUT2D eigenvalue weighted by Crippen LogP contribution is -2.28. The van der Waals surface area contributed by atoms with Crippen LogP contribution >= 0.6 is 0 Å². The summed E-state index contributed by atoms with van der Waals surface area (Å²) in [7, 11) is 0. The summed E-state index contributed by atoms with van der Waals surface area (Å²) in [6.45, 7) is 3.34. The number of halogens is 1. The van der Waals surface area contributed by atoms with Crippen LogP contribution in [0.4, 0.5) is 4.39 Å². The first kappa shape index (κ1) is 11.6. The van der Waals surface area contributed by atoms with Crippen LogP contribution in [0.15, 0.2) is 18.2 Å². The zero-order chi connectivity index (χ0) is 11.5. The smallest absolute Gasteiger partial charge is 0.126 e. The Balaban J connectivity index is 2.19. The molecule has 1 heterocycles. The summed E-state index contributed by atoms with van der Waals surface area (Å²) in [5, 5.41) is 0. The van der Waals surface area contributed by atoms with Crippen LogP contribution < -0.4 is 5.73 Å². The summed E-state index contributed by atoms with van der Waals surface area (Å²) in [6.07, 6.45) is 1.94. The van der Waals surface area contributed by atoms with E-state index in [2.05, 4.69) is 0 Å². The molecule has 1 aromatic rings. The van der Waals surface area contributed by atoms with Gasteiger partial charge in [0.05, 0.1) is 0 Å². The largest absolute Gasteiger partial charge is 0.381 e. The lowest BCUT2D eigenvalue weighted by Gasteiger charge is -2.28. The molecule has 0 bridgehead atoms. The van der Waals surface area contributed by atoms with Gasteiger partial charge in [0.1, 0.15) is 5.82 Å². The quantitative estimate of drug-likeness (QED) is 0.836. The van der Waals surface area contributed by atoms with E-state index in [1.807, 2.05) is 6.07 Å². The van der Waals surface area contributed by atoms with Gasteiger partial charge in [0.25, 0.3) is 0 Å². The van der Waals surface area contributed by atoms with Crippen molar-refractivity contribution in [1.29, 1.82) is 0 Å². The van der Waals surface area contributed by atoms with Crippen LogP contribution in [0.2, 0.25) is 0 Å². The molecular weight excluding hydrogens is 205 g/mol. The fourth-order valence-corrected chi connectivity index (χ4v) is 2.31. The minimum atomic E-state index is -0.167. The Hall–Kier alpha value is -0.930. The van der Waals surface area contributed by atoms with Crippen LogP contribution in [-0.4, -0.2) is 13.2 Å². The van der Waals surface area contributed by atoms with Gasteiger partial charge in [-0.25, -0.2) is 4.39 Å². The molecule has 1 aliphatic rings. The Morgan fingerprint density at radius 3 is 2.75 bits per heavy atom. The Morgan fingerprint density at radius 2 is 2.06 bits per heavy atom. The molecular formula is C13H18FNO. The highest BCUT2D eigenvalue weighted by Gasteiger charge is 2.23. The number of rotatable bonds is 2. The molecule has 0 aromatic heterocycles. The van der Waals surface area contributed by atoms with Gasteiger partial charge < -0.3 is 10.5 Å². The predicted molar refractivity (Wildman–Crippen MR) is 61.6 cm³/mol. The molecule has 2 N–H and O–H groups in total. The molecule has 1 aromatic carbocycles. The molecule has 0 radical (unpaired) electrons. The maximum Gasteiger partial charge on any atom is 0.126 e. The van der Waals surface area contributed by atoms with Crippen LogP contribution in [-0.2, 0) is 4.74 Å². The maximum atomic E-state index is 13.4. The molecule has 1 saturated heterocycles. The molecule has 0 amide bonds. The Morgan fingerprint density at radius 1 is 1.38 bits per heavy atom. The summed E-state index contributed by atoms with van der Waals surface area (Å²) in [5.41, 5.74) is 7.84. The van der Waals surface area contributed by atoms with Crippen LogP contribution in [0.5, 0.6) is 0 Å². The summed E-state index contributed by atoms with van der Waals surface area (Å²) in [4.78, 5) is 0. The van der Waals surface area contributed by atoms with Gasteiger partial charge in [0.2, 0.25) is 0 Å². The van der Waals surface area contributed by atoms with Gasteiger partial charge in [0.15, 0.2) is 0 Å². The van der Waals surface area contributed by atoms with Crippen molar-refractivity contribution in [1.82, 2.24) is 0 Å². The van der Waals surface area contributed by atoms with Crippen LogP contribution in [0.3, 0.4) is 0 Å². The molecule has 1 fully saturated rings. The molecule has 2 nitrogen and oxygen atoms in total. The SMILES string of the molecule is Cc1c(F)cccc1[C@H](N)C1CCOCC1. The van der Waals surface area contributed by atoms with E-state index in [1.54, 1.807) is 13.0 Å². The van der Waals surface area contributed by atoms with Crippen molar-refractivity contribution in [3.05, 3.63) is 35.1 Å². The van der Waals surface area contributed by atoms with Gasteiger partial charge in [-0.2, -0.15) is 0 Å². The van der Waals surface area contributed by atoms with Gasteiger partial charge in [-0.1, -0.05) is 12.1 Å². The highest BCUT2D eigenvalue weighted by molar-refractivity contribution is 5.30. The summed E-state index contributed by atoms with van der Waals surface area (Å²) in [5.74, 6) is 0.245. The van der Waals surface area contributed by atoms with E-state index < -0.39 is 0 Å². The molecule has 2 rings (SSSR count). The van der Waals surface area contributed by atoms with Gasteiger partial charge in [-0.3, -0.25) is 0 Å². The van der Waals surface area contributed by atoms with Crippen molar-refractivity contribution in [2.45, 2.75) is 25.8 Å². The topological polar surface area (TPSA) is 35.2 Å². The minimum absolute atomic E-state index is 0.0698. The molecule has 1 atom stereocenters. The number of hydrogen-bond donors (Lipinski definition) is 1. The van der Waals surface area contributed by atoms with Crippen molar-refractivity contribution in [2.24, 2.45) is 11.7 Å². The lowest BCUT2D eigenvalue weighted by atomic mass is 9.86. The third-order valence-electron chi connectivity index (χ3n) is 3.44. The lowest BCUT2D eigenvalue weighted by molar-refractivity contribution is 0.0583. The van der Waals surface area contributed by atoms with E-state index in [1.165, 1.54) is 6.07 Å². The molecule has 88 valence electrons. The minimum Gasteiger partial charge on any atom is -0.381 e. The van der Waals surface area contributed by atoms with E-state index >= 15 is 0 Å². The molecule has 0 saturated carbocycles. The summed E-state index contributed by atoms with van der Waals surface area (Å²) < 4.78 is 18.7. The molecule has 0 unspecified atom stereocenters. The van der Waals surface area contributed by atoms with Crippen molar-refractivity contribution in [2.75, 3.05) is 13.2 Å². The second-order valence-corrected chi connectivity index (χ2v) is 4.43. The molecule has 0 aliphatic carbocycles. The Labute approximate surface area is 95.6 Å². The van der Waals surface area contributed by atoms with Crippen molar-refractivity contribution in [3.8, 4) is 0 Å². The van der Waals surface area contributed by atoms with E-state index in [4.69, 9.17) is 10.5 Å². The van der Waals surface area contributed by atoms with Crippen LogP contribution in [0.25, 0.3) is 0 Å². The number of nitrogens with two attached hydrogens (primary N) is 1. The highest BCUT2D eigenvalue weighted by Crippen LogP contribution is 2.30. The molecule has 0 spiro atoms. The predicted octanol–water partition coefficient (Wildman–Crippen LogP) is 2.56. The van der Waals surface area contributed by atoms with Crippen molar-refractivity contribution in [3.63, 3.8) is 0 Å². The van der Waals surface area contributed by atoms with Crippen molar-refractivity contribution >= 4 is 0 Å². The van der Waals surface area contributed by atoms with Crippen LogP contribution in [0, 0.1) is 18.7 Å². The first-order valence-electron chi connectivity index (χ1n) is 5.78. The number of ether oxygens (including phenoxy) is 1. The number of benzene rings is 1. The van der Waals surface area contributed by atoms with Gasteiger partial charge in [0, 0.05) is 19.3 Å². The van der Waals surface area contributed by atoms with Crippen molar-refractivity contribution < 1.29 is 9.13 Å². The maximum absolute atomic E-state index is 13.4. The normalized spacial score (nSPS) is 19.7. The monoisotopic (exact) mass is 223 g/mol. The summed E-state index contributed by atoms with van der Waals surface area (Å²) in [6, 6.07) is 5.07. The number of hydrogen-bond acceptors (Lipinski definition) is 2. The van der Waals surface area contributed by atoms with Crippen LogP contribution in [0.1, 0.15) is 30.0 Å². The molecule has 1 aliphatic heterocycles. The second-order valence-electron chi connectivity index (χ2n) is 4.43. The third kappa shape index (κ3) is 2.25. The average molecular weight is 223 g/mol. The average Bonchev–Trinajstić information content (AvgIpc) is 2.33. The zero-order valence-corrected chi connectivity index (χ0v) is 9.58. The third-order valence-corrected chi connectivity index (χ3v) is 3.44. The Kier molecular flexibility index (Phi) is 3.56. The standard InChI is InChI=1S/C13H18FNO/c1-9-11(3-2-4-12(9)14)13(15)10-5-7-16-8-6-10/h2-4,10,13H,5-8,15H2,1H3/t13-/m1/s1. The fourth-order valence-electron chi connectivity index (χ4n) is 2.31. The Bertz CT molecular complexity index is 361. The fraction of sp³-hybridized carbons (Fsp3) is 0.538. The van der Waals surface area contributed by atoms with E-state index in [0.717, 1.165) is 31.6 Å². The molecule has 16 heavy (non-hydrogen) atoms. The highest BCUT2D eigenvalue weighted by atomic mass is 19.1. The first-order valence-corrected chi connectivity index (χ1v) is 5.78. The van der Waals surface area contributed by atoms with E-state index in [9.17, 15) is 4.39 Å². The first-order chi connectivity index (χ1) is 7.70. The summed E-state index contributed by atoms with van der Waals surface area (Å²) >= 11 is 0.